The van der Waals surface area contributed by atoms with Gasteiger partial charge in [-0.3, -0.25) is 0 Å². The molecular weight excluding hydrogens is 472 g/mol. The van der Waals surface area contributed by atoms with Gasteiger partial charge in [0.25, 0.3) is 0 Å². The molecule has 0 bridgehead atoms. The first kappa shape index (κ1) is 31.1. The SMILES string of the molecule is CC(C)C[NH-].CC(C)C[NH-].CC(C)C[NH-].F[SiH2][c-]1cccc1.[Hf+4]. The normalized spacial score (nSPS) is 9.61. The molecule has 0 aromatic heterocycles. The van der Waals surface area contributed by atoms with Crippen molar-refractivity contribution in [2.75, 3.05) is 19.6 Å². The van der Waals surface area contributed by atoms with Gasteiger partial charge >= 0.3 is 25.8 Å². The summed E-state index contributed by atoms with van der Waals surface area (Å²) in [5.41, 5.74) is 20.0. The summed E-state index contributed by atoms with van der Waals surface area (Å²) < 4.78 is 11.7. The van der Waals surface area contributed by atoms with E-state index < -0.39 is 9.85 Å². The molecule has 0 spiro atoms. The molecule has 0 aliphatic rings. The predicted molar refractivity (Wildman–Crippen MR) is 103 cm³/mol. The largest absolute Gasteiger partial charge is 4.00 e. The van der Waals surface area contributed by atoms with Gasteiger partial charge in [0.2, 0.25) is 0 Å². The minimum atomic E-state index is -1.37. The van der Waals surface area contributed by atoms with Crippen molar-refractivity contribution in [2.24, 2.45) is 17.8 Å². The smallest absolute Gasteiger partial charge is 0.677 e. The van der Waals surface area contributed by atoms with Gasteiger partial charge in [-0.1, -0.05) is 59.3 Å². The van der Waals surface area contributed by atoms with Crippen molar-refractivity contribution in [3.05, 3.63) is 41.5 Å². The van der Waals surface area contributed by atoms with E-state index >= 15 is 0 Å². The zero-order valence-corrected chi connectivity index (χ0v) is 20.8. The average Bonchev–Trinajstić information content (AvgIpc) is 3.02. The predicted octanol–water partition coefficient (Wildman–Crippen LogP) is 5.17. The van der Waals surface area contributed by atoms with Crippen molar-refractivity contribution in [1.29, 1.82) is 0 Å². The quantitative estimate of drug-likeness (QED) is 0.306. The Morgan fingerprint density at radius 2 is 1.00 bits per heavy atom. The van der Waals surface area contributed by atoms with Crippen LogP contribution in [0.1, 0.15) is 41.5 Å². The second-order valence-electron chi connectivity index (χ2n) is 6.22. The van der Waals surface area contributed by atoms with E-state index in [-0.39, 0.29) is 25.8 Å². The maximum atomic E-state index is 11.7. The van der Waals surface area contributed by atoms with Crippen LogP contribution in [0, 0.1) is 17.8 Å². The fourth-order valence-corrected chi connectivity index (χ4v) is 0.953. The van der Waals surface area contributed by atoms with Gasteiger partial charge in [-0.15, -0.1) is 24.8 Å². The first-order valence-corrected chi connectivity index (χ1v) is 9.19. The number of rotatable bonds is 4. The van der Waals surface area contributed by atoms with Crippen LogP contribution in [0.4, 0.5) is 4.11 Å². The third-order valence-electron chi connectivity index (χ3n) is 2.11. The molecule has 0 saturated carbocycles. The first-order valence-electron chi connectivity index (χ1n) is 7.95. The molecule has 0 atom stereocenters. The Kier molecular flexibility index (Phi) is 33.1. The fourth-order valence-electron chi connectivity index (χ4n) is 0.503. The molecule has 0 unspecified atom stereocenters. The standard InChI is InChI=1S/C5H6FSi.3C4H10N.Hf/c6-7-5-3-1-2-4-5;3*1-4(2)3-5;/h1-4H,7H2;3*4-5H,3H2,1-2H3;/q4*-1;+4. The van der Waals surface area contributed by atoms with E-state index in [9.17, 15) is 4.11 Å². The topological polar surface area (TPSA) is 71.4 Å². The number of nitrogens with one attached hydrogen (secondary N) is 3. The molecule has 1 rings (SSSR count). The second kappa shape index (κ2) is 24.5. The molecule has 134 valence electrons. The van der Waals surface area contributed by atoms with Crippen molar-refractivity contribution in [3.8, 4) is 0 Å². The van der Waals surface area contributed by atoms with E-state index in [1.807, 2.05) is 65.8 Å². The summed E-state index contributed by atoms with van der Waals surface area (Å²) in [4.78, 5) is 0. The van der Waals surface area contributed by atoms with E-state index in [1.165, 1.54) is 0 Å². The van der Waals surface area contributed by atoms with Crippen LogP contribution in [-0.4, -0.2) is 29.5 Å². The monoisotopic (exact) mass is 509 g/mol. The molecule has 3 nitrogen and oxygen atoms in total. The maximum Gasteiger partial charge on any atom is 4.00 e. The van der Waals surface area contributed by atoms with Crippen LogP contribution in [0.5, 0.6) is 0 Å². The van der Waals surface area contributed by atoms with Crippen LogP contribution in [0.25, 0.3) is 17.2 Å². The molecular formula is C17H36FHfN3Si. The summed E-state index contributed by atoms with van der Waals surface area (Å²) in [6.45, 7) is 13.9. The summed E-state index contributed by atoms with van der Waals surface area (Å²) in [6.07, 6.45) is 0. The van der Waals surface area contributed by atoms with Crippen molar-refractivity contribution >= 4 is 15.0 Å². The van der Waals surface area contributed by atoms with Crippen LogP contribution < -0.4 is 5.19 Å². The van der Waals surface area contributed by atoms with Gasteiger partial charge in [-0.25, -0.2) is 12.1 Å². The fraction of sp³-hybridized carbons (Fsp3) is 0.706. The summed E-state index contributed by atoms with van der Waals surface area (Å²) in [6, 6.07) is 7.38. The summed E-state index contributed by atoms with van der Waals surface area (Å²) >= 11 is 0. The van der Waals surface area contributed by atoms with Gasteiger partial charge < -0.3 is 21.3 Å². The Bertz CT molecular complexity index is 262. The molecule has 0 amide bonds. The van der Waals surface area contributed by atoms with Gasteiger partial charge in [-0.2, -0.15) is 12.1 Å². The number of hydrogen-bond acceptors (Lipinski definition) is 0. The van der Waals surface area contributed by atoms with Crippen LogP contribution in [-0.2, 0) is 25.8 Å². The average molecular weight is 508 g/mol. The van der Waals surface area contributed by atoms with Crippen LogP contribution in [0.2, 0.25) is 0 Å². The molecule has 23 heavy (non-hydrogen) atoms. The molecule has 0 saturated heterocycles. The van der Waals surface area contributed by atoms with Gasteiger partial charge in [0.1, 0.15) is 0 Å². The first-order chi connectivity index (χ1) is 10.2. The van der Waals surface area contributed by atoms with Crippen molar-refractivity contribution in [1.82, 2.24) is 0 Å². The van der Waals surface area contributed by atoms with Crippen molar-refractivity contribution < 1.29 is 30.0 Å². The Labute approximate surface area is 165 Å². The van der Waals surface area contributed by atoms with Crippen LogP contribution in [0.3, 0.4) is 0 Å². The molecule has 1 aromatic carbocycles. The molecule has 6 heteroatoms. The van der Waals surface area contributed by atoms with E-state index in [2.05, 4.69) is 0 Å². The van der Waals surface area contributed by atoms with Gasteiger partial charge in [0.05, 0.1) is 0 Å². The number of hydrogen-bond donors (Lipinski definition) is 0. The van der Waals surface area contributed by atoms with E-state index in [4.69, 9.17) is 17.2 Å². The second-order valence-corrected chi connectivity index (χ2v) is 7.30. The molecule has 0 radical (unpaired) electrons. The molecule has 0 aliphatic carbocycles. The molecule has 0 aliphatic heterocycles. The zero-order valence-electron chi connectivity index (χ0n) is 15.7. The zero-order chi connectivity index (χ0) is 18.0. The van der Waals surface area contributed by atoms with Crippen molar-refractivity contribution in [3.63, 3.8) is 0 Å². The summed E-state index contributed by atoms with van der Waals surface area (Å²) in [5.74, 6) is 1.65. The molecule has 0 heterocycles. The van der Waals surface area contributed by atoms with Gasteiger partial charge in [0, 0.05) is 0 Å². The maximum absolute atomic E-state index is 11.7. The molecule has 0 fully saturated rings. The van der Waals surface area contributed by atoms with Gasteiger partial charge in [-0.05, 0) is 0 Å². The summed E-state index contributed by atoms with van der Waals surface area (Å²) in [7, 11) is -1.37. The molecule has 1 aromatic rings. The Morgan fingerprint density at radius 3 is 1.09 bits per heavy atom. The number of halogens is 1. The Hall–Kier alpha value is 0.247. The van der Waals surface area contributed by atoms with E-state index in [1.54, 1.807) is 0 Å². The minimum Gasteiger partial charge on any atom is -0.677 e. The van der Waals surface area contributed by atoms with Crippen LogP contribution >= 0.6 is 0 Å². The van der Waals surface area contributed by atoms with E-state index in [0.717, 1.165) is 5.19 Å². The van der Waals surface area contributed by atoms with Gasteiger partial charge in [0.15, 0.2) is 9.85 Å². The molecule has 3 N–H and O–H groups in total. The van der Waals surface area contributed by atoms with Crippen molar-refractivity contribution in [2.45, 2.75) is 41.5 Å². The Balaban J connectivity index is -0.000000105. The Morgan fingerprint density at radius 1 is 0.783 bits per heavy atom. The van der Waals surface area contributed by atoms with E-state index in [0.29, 0.717) is 37.4 Å². The third kappa shape index (κ3) is 39.2. The summed E-state index contributed by atoms with van der Waals surface area (Å²) in [5, 5.41) is 0.903. The van der Waals surface area contributed by atoms with Crippen LogP contribution in [0.15, 0.2) is 24.3 Å². The minimum absolute atomic E-state index is 0. The third-order valence-corrected chi connectivity index (χ3v) is 2.89.